The van der Waals surface area contributed by atoms with Gasteiger partial charge in [-0.2, -0.15) is 0 Å². The van der Waals surface area contributed by atoms with E-state index in [0.29, 0.717) is 55.9 Å². The van der Waals surface area contributed by atoms with Gasteiger partial charge in [-0.3, -0.25) is 4.79 Å². The molecule has 0 aliphatic rings. The molecule has 3 aromatic carbocycles. The topological polar surface area (TPSA) is 66.2 Å². The highest BCUT2D eigenvalue weighted by Gasteiger charge is 2.18. The molecule has 6 nitrogen and oxygen atoms in total. The third-order valence-electron chi connectivity index (χ3n) is 5.41. The van der Waals surface area contributed by atoms with Crippen molar-refractivity contribution < 1.29 is 9.47 Å². The number of aromatic nitrogens is 3. The van der Waals surface area contributed by atoms with Crippen molar-refractivity contribution in [2.45, 2.75) is 6.54 Å². The normalized spacial score (nSPS) is 11.3. The highest BCUT2D eigenvalue weighted by atomic mass is 35.5. The summed E-state index contributed by atoms with van der Waals surface area (Å²) in [4.78, 5) is 13.6. The average molecular weight is 432 g/mol. The second-order valence-electron chi connectivity index (χ2n) is 7.19. The summed E-state index contributed by atoms with van der Waals surface area (Å²) >= 11 is 6.28. The fourth-order valence-corrected chi connectivity index (χ4v) is 4.10. The smallest absolute Gasteiger partial charge is 0.199 e. The first-order chi connectivity index (χ1) is 15.1. The van der Waals surface area contributed by atoms with Crippen molar-refractivity contribution in [3.63, 3.8) is 0 Å². The minimum absolute atomic E-state index is 0.127. The van der Waals surface area contributed by atoms with Gasteiger partial charge in [-0.25, -0.2) is 0 Å². The Bertz CT molecular complexity index is 1510. The summed E-state index contributed by atoms with van der Waals surface area (Å²) in [5, 5.41) is 11.1. The van der Waals surface area contributed by atoms with Gasteiger partial charge in [0.2, 0.25) is 0 Å². The minimum atomic E-state index is -0.127. The van der Waals surface area contributed by atoms with E-state index in [9.17, 15) is 4.79 Å². The fraction of sp³-hybridized carbons (Fsp3) is 0.125. The van der Waals surface area contributed by atoms with Crippen LogP contribution in [0.25, 0.3) is 32.8 Å². The van der Waals surface area contributed by atoms with Gasteiger partial charge in [0, 0.05) is 28.4 Å². The summed E-state index contributed by atoms with van der Waals surface area (Å²) in [7, 11) is 3.12. The van der Waals surface area contributed by atoms with Gasteiger partial charge in [-0.05, 0) is 29.8 Å². The second kappa shape index (κ2) is 7.56. The number of fused-ring (bicyclic) bond motifs is 4. The molecule has 5 rings (SSSR count). The third kappa shape index (κ3) is 3.16. The Morgan fingerprint density at radius 2 is 1.65 bits per heavy atom. The van der Waals surface area contributed by atoms with Crippen LogP contribution in [-0.2, 0) is 6.54 Å². The summed E-state index contributed by atoms with van der Waals surface area (Å²) in [6, 6.07) is 18.8. The number of rotatable bonds is 4. The lowest BCUT2D eigenvalue weighted by Crippen LogP contribution is -2.14. The zero-order chi connectivity index (χ0) is 21.5. The van der Waals surface area contributed by atoms with E-state index in [1.807, 2.05) is 34.9 Å². The molecule has 7 heteroatoms. The molecule has 0 N–H and O–H groups in total. The molecule has 5 aromatic rings. The van der Waals surface area contributed by atoms with Gasteiger partial charge in [-0.15, -0.1) is 10.2 Å². The Balaban J connectivity index is 1.94. The van der Waals surface area contributed by atoms with Crippen LogP contribution in [0.4, 0.5) is 0 Å². The lowest BCUT2D eigenvalue weighted by molar-refractivity contribution is 0.356. The number of methoxy groups -OCH3 is 2. The molecule has 0 unspecified atom stereocenters. The van der Waals surface area contributed by atoms with Crippen molar-refractivity contribution in [1.29, 1.82) is 0 Å². The van der Waals surface area contributed by atoms with Crippen molar-refractivity contribution >= 4 is 44.4 Å². The molecule has 0 atom stereocenters. The van der Waals surface area contributed by atoms with E-state index in [1.165, 1.54) is 0 Å². The standard InChI is InChI=1S/C24H18ClN3O3/c1-30-20-11-17-18(12-21(20)31-2)26-27-24-22(17)23(29)16-9-8-15(25)10-19(16)28(24)13-14-6-4-3-5-7-14/h3-12H,13H2,1-2H3. The van der Waals surface area contributed by atoms with Crippen LogP contribution in [0.15, 0.2) is 65.5 Å². The van der Waals surface area contributed by atoms with Gasteiger partial charge in [0.25, 0.3) is 0 Å². The zero-order valence-corrected chi connectivity index (χ0v) is 17.7. The first kappa shape index (κ1) is 19.3. The predicted molar refractivity (Wildman–Crippen MR) is 122 cm³/mol. The Hall–Kier alpha value is -3.64. The van der Waals surface area contributed by atoms with E-state index >= 15 is 0 Å². The quantitative estimate of drug-likeness (QED) is 0.301. The first-order valence-electron chi connectivity index (χ1n) is 9.69. The maximum Gasteiger partial charge on any atom is 0.199 e. The van der Waals surface area contributed by atoms with E-state index in [2.05, 4.69) is 10.2 Å². The van der Waals surface area contributed by atoms with Crippen LogP contribution in [0.5, 0.6) is 11.5 Å². The molecule has 31 heavy (non-hydrogen) atoms. The molecule has 154 valence electrons. The zero-order valence-electron chi connectivity index (χ0n) is 16.9. The first-order valence-corrected chi connectivity index (χ1v) is 10.1. The van der Waals surface area contributed by atoms with Crippen molar-refractivity contribution in [3.05, 3.63) is 81.5 Å². The number of hydrogen-bond donors (Lipinski definition) is 0. The number of hydrogen-bond acceptors (Lipinski definition) is 5. The van der Waals surface area contributed by atoms with E-state index in [0.717, 1.165) is 5.56 Å². The molecule has 2 heterocycles. The number of nitrogens with zero attached hydrogens (tertiary/aromatic N) is 3. The van der Waals surface area contributed by atoms with Gasteiger partial charge in [0.1, 0.15) is 0 Å². The van der Waals surface area contributed by atoms with Gasteiger partial charge in [-0.1, -0.05) is 41.9 Å². The number of pyridine rings is 1. The molecular formula is C24H18ClN3O3. The van der Waals surface area contributed by atoms with E-state index in [1.54, 1.807) is 44.6 Å². The maximum absolute atomic E-state index is 13.6. The van der Waals surface area contributed by atoms with Crippen molar-refractivity contribution in [1.82, 2.24) is 14.8 Å². The Morgan fingerprint density at radius 1 is 0.903 bits per heavy atom. The monoisotopic (exact) mass is 431 g/mol. The van der Waals surface area contributed by atoms with Crippen LogP contribution < -0.4 is 14.9 Å². The van der Waals surface area contributed by atoms with Crippen molar-refractivity contribution in [3.8, 4) is 11.5 Å². The molecule has 0 aliphatic heterocycles. The highest BCUT2D eigenvalue weighted by Crippen LogP contribution is 2.34. The van der Waals surface area contributed by atoms with Crippen molar-refractivity contribution in [2.24, 2.45) is 0 Å². The second-order valence-corrected chi connectivity index (χ2v) is 7.62. The molecule has 0 radical (unpaired) electrons. The van der Waals surface area contributed by atoms with Crippen LogP contribution in [0.3, 0.4) is 0 Å². The van der Waals surface area contributed by atoms with Crippen LogP contribution >= 0.6 is 11.6 Å². The number of halogens is 1. The molecule has 0 amide bonds. The van der Waals surface area contributed by atoms with E-state index in [4.69, 9.17) is 21.1 Å². The number of benzene rings is 3. The predicted octanol–water partition coefficient (Wildman–Crippen LogP) is 4.82. The van der Waals surface area contributed by atoms with Crippen LogP contribution in [0.2, 0.25) is 5.02 Å². The summed E-state index contributed by atoms with van der Waals surface area (Å²) in [6.45, 7) is 0.516. The molecule has 2 aromatic heterocycles. The molecule has 0 bridgehead atoms. The molecular weight excluding hydrogens is 414 g/mol. The average Bonchev–Trinajstić information content (AvgIpc) is 2.80. The van der Waals surface area contributed by atoms with Gasteiger partial charge >= 0.3 is 0 Å². The lowest BCUT2D eigenvalue weighted by Gasteiger charge is -2.16. The lowest BCUT2D eigenvalue weighted by atomic mass is 10.1. The Labute approximate surface area is 182 Å². The van der Waals surface area contributed by atoms with Crippen LogP contribution in [-0.4, -0.2) is 29.0 Å². The van der Waals surface area contributed by atoms with Gasteiger partial charge < -0.3 is 14.0 Å². The maximum atomic E-state index is 13.6. The molecule has 0 saturated carbocycles. The summed E-state index contributed by atoms with van der Waals surface area (Å²) in [5.41, 5.74) is 2.70. The van der Waals surface area contributed by atoms with Crippen molar-refractivity contribution in [2.75, 3.05) is 14.2 Å². The summed E-state index contributed by atoms with van der Waals surface area (Å²) < 4.78 is 12.8. The summed E-state index contributed by atoms with van der Waals surface area (Å²) in [6.07, 6.45) is 0. The minimum Gasteiger partial charge on any atom is -0.493 e. The van der Waals surface area contributed by atoms with Gasteiger partial charge in [0.05, 0.1) is 30.6 Å². The molecule has 0 spiro atoms. The third-order valence-corrected chi connectivity index (χ3v) is 5.64. The number of ether oxygens (including phenoxy) is 2. The largest absolute Gasteiger partial charge is 0.493 e. The Kier molecular flexibility index (Phi) is 4.71. The molecule has 0 aliphatic carbocycles. The van der Waals surface area contributed by atoms with E-state index in [-0.39, 0.29) is 5.43 Å². The summed E-state index contributed by atoms with van der Waals surface area (Å²) in [5.74, 6) is 1.05. The van der Waals surface area contributed by atoms with E-state index < -0.39 is 0 Å². The molecule has 0 saturated heterocycles. The molecule has 0 fully saturated rings. The Morgan fingerprint density at radius 3 is 2.39 bits per heavy atom. The van der Waals surface area contributed by atoms with Crippen LogP contribution in [0, 0.1) is 0 Å². The van der Waals surface area contributed by atoms with Gasteiger partial charge in [0.15, 0.2) is 22.6 Å². The fourth-order valence-electron chi connectivity index (χ4n) is 3.93. The SMILES string of the molecule is COc1cc2nnc3c(c(=O)c4ccc(Cl)cc4n3Cc3ccccc3)c2cc1OC. The highest BCUT2D eigenvalue weighted by molar-refractivity contribution is 6.31. The van der Waals surface area contributed by atoms with Crippen LogP contribution in [0.1, 0.15) is 5.56 Å².